The Labute approximate surface area is 143 Å². The number of halogens is 1. The Morgan fingerprint density at radius 1 is 1.35 bits per heavy atom. The molecule has 0 saturated carbocycles. The van der Waals surface area contributed by atoms with Gasteiger partial charge in [0.15, 0.2) is 0 Å². The van der Waals surface area contributed by atoms with Crippen LogP contribution in [0.15, 0.2) is 18.2 Å². The molecule has 0 aromatic heterocycles. The summed E-state index contributed by atoms with van der Waals surface area (Å²) in [5, 5.41) is 2.84. The molecule has 126 valence electrons. The fourth-order valence-electron chi connectivity index (χ4n) is 3.25. The SMILES string of the molecule is CC1(C)CN(C(=O)c2ccc3c(c2)CCC(=O)N3)CCC1N.Cl. The molecule has 1 aromatic carbocycles. The number of carbonyl (C=O) groups excluding carboxylic acids is 2. The van der Waals surface area contributed by atoms with Crippen molar-refractivity contribution in [2.75, 3.05) is 18.4 Å². The van der Waals surface area contributed by atoms with Gasteiger partial charge < -0.3 is 16.0 Å². The highest BCUT2D eigenvalue weighted by Crippen LogP contribution is 2.29. The number of hydrogen-bond acceptors (Lipinski definition) is 3. The van der Waals surface area contributed by atoms with Gasteiger partial charge in [0.05, 0.1) is 0 Å². The van der Waals surface area contributed by atoms with Crippen molar-refractivity contribution in [3.05, 3.63) is 29.3 Å². The summed E-state index contributed by atoms with van der Waals surface area (Å²) in [7, 11) is 0. The normalized spacial score (nSPS) is 22.7. The van der Waals surface area contributed by atoms with Gasteiger partial charge in [0.2, 0.25) is 5.91 Å². The minimum Gasteiger partial charge on any atom is -0.338 e. The first-order chi connectivity index (χ1) is 10.4. The Morgan fingerprint density at radius 3 is 2.78 bits per heavy atom. The molecular weight excluding hydrogens is 314 g/mol. The van der Waals surface area contributed by atoms with Crippen molar-refractivity contribution in [1.82, 2.24) is 4.90 Å². The van der Waals surface area contributed by atoms with Crippen molar-refractivity contribution in [3.8, 4) is 0 Å². The van der Waals surface area contributed by atoms with Crippen molar-refractivity contribution >= 4 is 29.9 Å². The van der Waals surface area contributed by atoms with Crippen LogP contribution >= 0.6 is 12.4 Å². The van der Waals surface area contributed by atoms with Crippen molar-refractivity contribution in [3.63, 3.8) is 0 Å². The number of nitrogens with zero attached hydrogens (tertiary/aromatic N) is 1. The average molecular weight is 338 g/mol. The highest BCUT2D eigenvalue weighted by molar-refractivity contribution is 5.98. The van der Waals surface area contributed by atoms with Gasteiger partial charge in [0.25, 0.3) is 5.91 Å². The summed E-state index contributed by atoms with van der Waals surface area (Å²) in [5.41, 5.74) is 8.64. The van der Waals surface area contributed by atoms with Crippen LogP contribution in [-0.4, -0.2) is 35.8 Å². The monoisotopic (exact) mass is 337 g/mol. The highest BCUT2D eigenvalue weighted by Gasteiger charge is 2.35. The van der Waals surface area contributed by atoms with Crippen molar-refractivity contribution in [2.24, 2.45) is 11.1 Å². The second-order valence-electron chi connectivity index (χ2n) is 7.03. The minimum atomic E-state index is -0.0594. The smallest absolute Gasteiger partial charge is 0.253 e. The Hall–Kier alpha value is -1.59. The predicted octanol–water partition coefficient (Wildman–Crippen LogP) is 2.19. The Kier molecular flexibility index (Phi) is 5.01. The second-order valence-corrected chi connectivity index (χ2v) is 7.03. The van der Waals surface area contributed by atoms with Gasteiger partial charge in [0.1, 0.15) is 0 Å². The van der Waals surface area contributed by atoms with E-state index in [0.717, 1.165) is 17.7 Å². The first-order valence-electron chi connectivity index (χ1n) is 7.84. The summed E-state index contributed by atoms with van der Waals surface area (Å²) >= 11 is 0. The van der Waals surface area contributed by atoms with Crippen LogP contribution in [0.1, 0.15) is 42.6 Å². The molecule has 2 amide bonds. The molecule has 0 radical (unpaired) electrons. The number of amides is 2. The molecular formula is C17H24ClN3O2. The molecule has 2 aliphatic rings. The van der Waals surface area contributed by atoms with Gasteiger partial charge in [0, 0.05) is 36.8 Å². The molecule has 3 rings (SSSR count). The van der Waals surface area contributed by atoms with E-state index in [9.17, 15) is 9.59 Å². The number of nitrogens with two attached hydrogens (primary N) is 1. The fraction of sp³-hybridized carbons (Fsp3) is 0.529. The van der Waals surface area contributed by atoms with E-state index in [2.05, 4.69) is 19.2 Å². The maximum Gasteiger partial charge on any atom is 0.253 e. The zero-order chi connectivity index (χ0) is 15.9. The number of rotatable bonds is 1. The summed E-state index contributed by atoms with van der Waals surface area (Å²) in [6.07, 6.45) is 2.01. The lowest BCUT2D eigenvalue weighted by molar-refractivity contribution is -0.116. The lowest BCUT2D eigenvalue weighted by Crippen LogP contribution is -2.54. The van der Waals surface area contributed by atoms with Crippen molar-refractivity contribution in [1.29, 1.82) is 0 Å². The quantitative estimate of drug-likeness (QED) is 0.824. The zero-order valence-electron chi connectivity index (χ0n) is 13.6. The Bertz CT molecular complexity index is 630. The molecule has 1 atom stereocenters. The predicted molar refractivity (Wildman–Crippen MR) is 92.9 cm³/mol. The molecule has 6 heteroatoms. The number of anilines is 1. The lowest BCUT2D eigenvalue weighted by atomic mass is 9.79. The van der Waals surface area contributed by atoms with Crippen LogP contribution in [-0.2, 0) is 11.2 Å². The van der Waals surface area contributed by atoms with Gasteiger partial charge in [-0.05, 0) is 42.0 Å². The van der Waals surface area contributed by atoms with Crippen molar-refractivity contribution < 1.29 is 9.59 Å². The Balaban J connectivity index is 0.00000192. The summed E-state index contributed by atoms with van der Waals surface area (Å²) < 4.78 is 0. The molecule has 2 aliphatic heterocycles. The number of likely N-dealkylation sites (tertiary alicyclic amines) is 1. The lowest BCUT2D eigenvalue weighted by Gasteiger charge is -2.42. The molecule has 0 aliphatic carbocycles. The van der Waals surface area contributed by atoms with E-state index in [1.54, 1.807) is 6.07 Å². The van der Waals surface area contributed by atoms with E-state index in [0.29, 0.717) is 31.5 Å². The molecule has 1 unspecified atom stereocenters. The molecule has 0 bridgehead atoms. The zero-order valence-corrected chi connectivity index (χ0v) is 14.4. The minimum absolute atomic E-state index is 0. The molecule has 1 aromatic rings. The number of hydrogen-bond donors (Lipinski definition) is 2. The molecule has 5 nitrogen and oxygen atoms in total. The van der Waals surface area contributed by atoms with Crippen LogP contribution in [0.3, 0.4) is 0 Å². The number of piperidine rings is 1. The summed E-state index contributed by atoms with van der Waals surface area (Å²) in [6.45, 7) is 5.61. The number of nitrogens with one attached hydrogen (secondary N) is 1. The number of aryl methyl sites for hydroxylation is 1. The first-order valence-corrected chi connectivity index (χ1v) is 7.84. The van der Waals surface area contributed by atoms with Crippen LogP contribution in [0.25, 0.3) is 0 Å². The highest BCUT2D eigenvalue weighted by atomic mass is 35.5. The number of fused-ring (bicyclic) bond motifs is 1. The molecule has 2 heterocycles. The molecule has 23 heavy (non-hydrogen) atoms. The standard InChI is InChI=1S/C17H23N3O2.ClH/c1-17(2)10-20(8-7-14(17)18)16(22)12-3-5-13-11(9-12)4-6-15(21)19-13;/h3,5,9,14H,4,6-8,10,18H2,1-2H3,(H,19,21);1H. The average Bonchev–Trinajstić information content (AvgIpc) is 2.48. The number of carbonyl (C=O) groups is 2. The van der Waals surface area contributed by atoms with Gasteiger partial charge in [-0.25, -0.2) is 0 Å². The van der Waals surface area contributed by atoms with E-state index >= 15 is 0 Å². The molecule has 0 spiro atoms. The second kappa shape index (κ2) is 6.49. The third-order valence-corrected chi connectivity index (χ3v) is 4.85. The van der Waals surface area contributed by atoms with Gasteiger partial charge in [-0.2, -0.15) is 0 Å². The summed E-state index contributed by atoms with van der Waals surface area (Å²) in [5.74, 6) is 0.0954. The summed E-state index contributed by atoms with van der Waals surface area (Å²) in [4.78, 5) is 26.0. The van der Waals surface area contributed by atoms with Gasteiger partial charge >= 0.3 is 0 Å². The third-order valence-electron chi connectivity index (χ3n) is 4.85. The number of benzene rings is 1. The van der Waals surface area contributed by atoms with Crippen molar-refractivity contribution in [2.45, 2.75) is 39.2 Å². The maximum atomic E-state index is 12.7. The van der Waals surface area contributed by atoms with Crippen LogP contribution in [0.5, 0.6) is 0 Å². The van der Waals surface area contributed by atoms with E-state index in [4.69, 9.17) is 5.73 Å². The molecule has 1 saturated heterocycles. The summed E-state index contributed by atoms with van der Waals surface area (Å²) in [6, 6.07) is 5.68. The van der Waals surface area contributed by atoms with Crippen LogP contribution in [0.4, 0.5) is 5.69 Å². The van der Waals surface area contributed by atoms with Gasteiger partial charge in [-0.3, -0.25) is 9.59 Å². The fourth-order valence-corrected chi connectivity index (χ4v) is 3.25. The van der Waals surface area contributed by atoms with E-state index in [-0.39, 0.29) is 35.7 Å². The topological polar surface area (TPSA) is 75.4 Å². The largest absolute Gasteiger partial charge is 0.338 e. The first kappa shape index (κ1) is 17.8. The van der Waals surface area contributed by atoms with E-state index in [1.807, 2.05) is 17.0 Å². The van der Waals surface area contributed by atoms with Crippen LogP contribution in [0.2, 0.25) is 0 Å². The van der Waals surface area contributed by atoms with Gasteiger partial charge in [-0.15, -0.1) is 12.4 Å². The van der Waals surface area contributed by atoms with Crippen LogP contribution in [0, 0.1) is 5.41 Å². The maximum absolute atomic E-state index is 12.7. The molecule has 1 fully saturated rings. The third kappa shape index (κ3) is 3.51. The van der Waals surface area contributed by atoms with Gasteiger partial charge in [-0.1, -0.05) is 13.8 Å². The van der Waals surface area contributed by atoms with Crippen LogP contribution < -0.4 is 11.1 Å². The Morgan fingerprint density at radius 2 is 2.09 bits per heavy atom. The van der Waals surface area contributed by atoms with E-state index < -0.39 is 0 Å². The molecule has 3 N–H and O–H groups in total. The van der Waals surface area contributed by atoms with E-state index in [1.165, 1.54) is 0 Å².